The van der Waals surface area contributed by atoms with E-state index in [0.717, 1.165) is 5.01 Å². The number of anilines is 1. The number of carbonyl (C=O) groups excluding carboxylic acids is 1. The van der Waals surface area contributed by atoms with Crippen molar-refractivity contribution in [3.05, 3.63) is 59.2 Å². The first-order chi connectivity index (χ1) is 10.7. The second-order valence-corrected chi connectivity index (χ2v) is 5.56. The zero-order valence-electron chi connectivity index (χ0n) is 11.7. The highest BCUT2D eigenvalue weighted by atomic mass is 32.1. The van der Waals surface area contributed by atoms with E-state index in [9.17, 15) is 4.79 Å². The number of pyridine rings is 1. The minimum atomic E-state index is -0.261. The van der Waals surface area contributed by atoms with Gasteiger partial charge in [-0.3, -0.25) is 10.1 Å². The molecule has 0 radical (unpaired) electrons. The maximum absolute atomic E-state index is 12.2. The number of aryl methyl sites for hydroxylation is 1. The third kappa shape index (κ3) is 3.44. The largest absolute Gasteiger partial charge is 0.439 e. The van der Waals surface area contributed by atoms with Crippen molar-refractivity contribution in [1.29, 1.82) is 0 Å². The van der Waals surface area contributed by atoms with E-state index in [1.54, 1.807) is 42.6 Å². The van der Waals surface area contributed by atoms with Crippen LogP contribution < -0.4 is 10.1 Å². The van der Waals surface area contributed by atoms with Crippen LogP contribution in [-0.4, -0.2) is 21.1 Å². The molecule has 1 N–H and O–H groups in total. The molecule has 0 atom stereocenters. The molecule has 1 amide bonds. The zero-order chi connectivity index (χ0) is 15.4. The highest BCUT2D eigenvalue weighted by Crippen LogP contribution is 2.21. The summed E-state index contributed by atoms with van der Waals surface area (Å²) in [5, 5.41) is 11.7. The summed E-state index contributed by atoms with van der Waals surface area (Å²) in [6.07, 6.45) is 1.64. The molecule has 110 valence electrons. The monoisotopic (exact) mass is 312 g/mol. The molecule has 0 saturated heterocycles. The fourth-order valence-electron chi connectivity index (χ4n) is 1.75. The lowest BCUT2D eigenvalue weighted by molar-refractivity contribution is 0.102. The van der Waals surface area contributed by atoms with Gasteiger partial charge in [0.15, 0.2) is 0 Å². The Balaban J connectivity index is 1.74. The van der Waals surface area contributed by atoms with Gasteiger partial charge in [-0.25, -0.2) is 4.98 Å². The zero-order valence-corrected chi connectivity index (χ0v) is 12.5. The van der Waals surface area contributed by atoms with Gasteiger partial charge in [0.2, 0.25) is 11.0 Å². The van der Waals surface area contributed by atoms with Gasteiger partial charge in [0.05, 0.1) is 0 Å². The van der Waals surface area contributed by atoms with E-state index >= 15 is 0 Å². The molecule has 0 bridgehead atoms. The van der Waals surface area contributed by atoms with E-state index in [-0.39, 0.29) is 5.91 Å². The van der Waals surface area contributed by atoms with Crippen molar-refractivity contribution >= 4 is 22.4 Å². The Morgan fingerprint density at radius 1 is 1.18 bits per heavy atom. The molecule has 0 aliphatic heterocycles. The molecule has 1 aromatic carbocycles. The second kappa shape index (κ2) is 6.31. The van der Waals surface area contributed by atoms with Gasteiger partial charge in [-0.15, -0.1) is 10.2 Å². The maximum Gasteiger partial charge on any atom is 0.257 e. The number of rotatable bonds is 4. The summed E-state index contributed by atoms with van der Waals surface area (Å²) in [7, 11) is 0. The van der Waals surface area contributed by atoms with Crippen molar-refractivity contribution in [2.75, 3.05) is 5.32 Å². The standard InChI is InChI=1S/C15H12N4O2S/c1-10-18-19-15(22-10)17-14(20)11-5-4-6-12(9-11)21-13-7-2-3-8-16-13/h2-9H,1H3,(H,17,19,20). The normalized spacial score (nSPS) is 10.2. The topological polar surface area (TPSA) is 77.0 Å². The first-order valence-corrected chi connectivity index (χ1v) is 7.33. The summed E-state index contributed by atoms with van der Waals surface area (Å²) in [4.78, 5) is 16.3. The van der Waals surface area contributed by atoms with Crippen molar-refractivity contribution < 1.29 is 9.53 Å². The number of nitrogens with one attached hydrogen (secondary N) is 1. The van der Waals surface area contributed by atoms with E-state index in [2.05, 4.69) is 20.5 Å². The van der Waals surface area contributed by atoms with Gasteiger partial charge >= 0.3 is 0 Å². The Hall–Kier alpha value is -2.80. The van der Waals surface area contributed by atoms with Crippen molar-refractivity contribution in [2.24, 2.45) is 0 Å². The average molecular weight is 312 g/mol. The van der Waals surface area contributed by atoms with Crippen molar-refractivity contribution in [2.45, 2.75) is 6.92 Å². The number of carbonyl (C=O) groups is 1. The molecular weight excluding hydrogens is 300 g/mol. The van der Waals surface area contributed by atoms with E-state index in [4.69, 9.17) is 4.74 Å². The molecule has 3 aromatic rings. The van der Waals surface area contributed by atoms with Crippen molar-refractivity contribution in [3.63, 3.8) is 0 Å². The molecule has 2 aromatic heterocycles. The van der Waals surface area contributed by atoms with Crippen LogP contribution in [0.15, 0.2) is 48.7 Å². The first-order valence-electron chi connectivity index (χ1n) is 6.51. The smallest absolute Gasteiger partial charge is 0.257 e. The molecule has 0 aliphatic rings. The third-order valence-electron chi connectivity index (χ3n) is 2.70. The summed E-state index contributed by atoms with van der Waals surface area (Å²) in [6.45, 7) is 1.83. The molecule has 0 saturated carbocycles. The molecule has 22 heavy (non-hydrogen) atoms. The number of aromatic nitrogens is 3. The summed E-state index contributed by atoms with van der Waals surface area (Å²) < 4.78 is 5.61. The summed E-state index contributed by atoms with van der Waals surface area (Å²) >= 11 is 1.32. The third-order valence-corrected chi connectivity index (χ3v) is 3.46. The summed E-state index contributed by atoms with van der Waals surface area (Å²) in [6, 6.07) is 12.2. The number of hydrogen-bond donors (Lipinski definition) is 1. The van der Waals surface area contributed by atoms with Crippen LogP contribution in [0, 0.1) is 6.92 Å². The van der Waals surface area contributed by atoms with Gasteiger partial charge in [0.1, 0.15) is 10.8 Å². The van der Waals surface area contributed by atoms with Crippen molar-refractivity contribution in [3.8, 4) is 11.6 Å². The minimum Gasteiger partial charge on any atom is -0.439 e. The second-order valence-electron chi connectivity index (χ2n) is 4.38. The highest BCUT2D eigenvalue weighted by Gasteiger charge is 2.10. The van der Waals surface area contributed by atoms with Gasteiger partial charge in [0.25, 0.3) is 5.91 Å². The number of amides is 1. The molecule has 0 aliphatic carbocycles. The average Bonchev–Trinajstić information content (AvgIpc) is 2.93. The molecule has 0 spiro atoms. The SMILES string of the molecule is Cc1nnc(NC(=O)c2cccc(Oc3ccccn3)c2)s1. The molecule has 0 fully saturated rings. The quantitative estimate of drug-likeness (QED) is 0.800. The lowest BCUT2D eigenvalue weighted by atomic mass is 10.2. The van der Waals surface area contributed by atoms with Crippen LogP contribution in [0.5, 0.6) is 11.6 Å². The molecule has 7 heteroatoms. The van der Waals surface area contributed by atoms with Gasteiger partial charge in [0, 0.05) is 17.8 Å². The van der Waals surface area contributed by atoms with Crippen LogP contribution in [0.2, 0.25) is 0 Å². The lowest BCUT2D eigenvalue weighted by Gasteiger charge is -2.06. The van der Waals surface area contributed by atoms with E-state index in [0.29, 0.717) is 22.3 Å². The van der Waals surface area contributed by atoms with Crippen LogP contribution in [0.3, 0.4) is 0 Å². The Morgan fingerprint density at radius 2 is 2.09 bits per heavy atom. The van der Waals surface area contributed by atoms with Gasteiger partial charge in [-0.2, -0.15) is 0 Å². The Morgan fingerprint density at radius 3 is 2.82 bits per heavy atom. The fourth-order valence-corrected chi connectivity index (χ4v) is 2.33. The van der Waals surface area contributed by atoms with Crippen LogP contribution >= 0.6 is 11.3 Å². The summed E-state index contributed by atoms with van der Waals surface area (Å²) in [5.74, 6) is 0.752. The Bertz CT molecular complexity index is 789. The Labute approximate surface area is 130 Å². The molecule has 2 heterocycles. The van der Waals surface area contributed by atoms with Gasteiger partial charge < -0.3 is 4.74 Å². The van der Waals surface area contributed by atoms with Crippen LogP contribution in [0.1, 0.15) is 15.4 Å². The number of benzene rings is 1. The van der Waals surface area contributed by atoms with E-state index in [1.807, 2.05) is 13.0 Å². The first kappa shape index (κ1) is 14.2. The predicted molar refractivity (Wildman–Crippen MR) is 83.4 cm³/mol. The molecule has 6 nitrogen and oxygen atoms in total. The number of nitrogens with zero attached hydrogens (tertiary/aromatic N) is 3. The lowest BCUT2D eigenvalue weighted by Crippen LogP contribution is -2.11. The van der Waals surface area contributed by atoms with Crippen LogP contribution in [0.25, 0.3) is 0 Å². The minimum absolute atomic E-state index is 0.261. The maximum atomic E-state index is 12.2. The Kier molecular flexibility index (Phi) is 4.06. The highest BCUT2D eigenvalue weighted by molar-refractivity contribution is 7.15. The van der Waals surface area contributed by atoms with Gasteiger partial charge in [-0.1, -0.05) is 23.5 Å². The van der Waals surface area contributed by atoms with Crippen LogP contribution in [0.4, 0.5) is 5.13 Å². The van der Waals surface area contributed by atoms with Crippen molar-refractivity contribution in [1.82, 2.24) is 15.2 Å². The molecule has 0 unspecified atom stereocenters. The van der Waals surface area contributed by atoms with Crippen LogP contribution in [-0.2, 0) is 0 Å². The van der Waals surface area contributed by atoms with E-state index in [1.165, 1.54) is 11.3 Å². The van der Waals surface area contributed by atoms with E-state index < -0.39 is 0 Å². The fraction of sp³-hybridized carbons (Fsp3) is 0.0667. The number of hydrogen-bond acceptors (Lipinski definition) is 6. The number of ether oxygens (including phenoxy) is 1. The van der Waals surface area contributed by atoms with Gasteiger partial charge in [-0.05, 0) is 31.2 Å². The predicted octanol–water partition coefficient (Wildman–Crippen LogP) is 3.29. The molecule has 3 rings (SSSR count). The summed E-state index contributed by atoms with van der Waals surface area (Å²) in [5.41, 5.74) is 0.473. The molecular formula is C15H12N4O2S.